The first-order valence-corrected chi connectivity index (χ1v) is 7.91. The zero-order chi connectivity index (χ0) is 18.3. The van der Waals surface area contributed by atoms with E-state index in [-0.39, 0.29) is 5.56 Å². The Morgan fingerprint density at radius 3 is 2.54 bits per heavy atom. The van der Waals surface area contributed by atoms with E-state index in [0.717, 1.165) is 6.42 Å². The van der Waals surface area contributed by atoms with Gasteiger partial charge in [-0.3, -0.25) is 10.1 Å². The summed E-state index contributed by atoms with van der Waals surface area (Å²) in [6.45, 7) is 3.77. The molecule has 0 aliphatic rings. The molecule has 1 atom stereocenters. The van der Waals surface area contributed by atoms with E-state index in [0.29, 0.717) is 22.6 Å². The minimum atomic E-state index is -1.19. The average molecular weight is 403 g/mol. The van der Waals surface area contributed by atoms with Crippen LogP contribution in [0, 0.1) is 0 Å². The van der Waals surface area contributed by atoms with Gasteiger partial charge in [0.2, 0.25) is 0 Å². The Bertz CT molecular complexity index is 635. The quantitative estimate of drug-likeness (QED) is 0.673. The number of carbonyl (C=O) groups is 3. The third-order valence-corrected chi connectivity index (χ3v) is 3.40. The van der Waals surface area contributed by atoms with Crippen LogP contribution in [-0.4, -0.2) is 37.7 Å². The molecule has 24 heavy (non-hydrogen) atoms. The van der Waals surface area contributed by atoms with E-state index in [2.05, 4.69) is 15.9 Å². The summed E-state index contributed by atoms with van der Waals surface area (Å²) in [4.78, 5) is 34.3. The number of rotatable bonds is 7. The van der Waals surface area contributed by atoms with Gasteiger partial charge in [-0.15, -0.1) is 0 Å². The molecule has 0 saturated heterocycles. The maximum absolute atomic E-state index is 12.2. The van der Waals surface area contributed by atoms with Gasteiger partial charge in [0.1, 0.15) is 0 Å². The van der Waals surface area contributed by atoms with Gasteiger partial charge in [-0.1, -0.05) is 6.92 Å². The van der Waals surface area contributed by atoms with E-state index < -0.39 is 24.0 Å². The molecule has 3 amide bonds. The van der Waals surface area contributed by atoms with E-state index in [4.69, 9.17) is 19.9 Å². The normalized spacial score (nSPS) is 11.3. The summed E-state index contributed by atoms with van der Waals surface area (Å²) in [6, 6.07) is 1.91. The Hall–Kier alpha value is -2.29. The molecule has 9 heteroatoms. The molecule has 0 radical (unpaired) electrons. The van der Waals surface area contributed by atoms with Gasteiger partial charge in [-0.05, 0) is 41.4 Å². The van der Waals surface area contributed by atoms with Crippen molar-refractivity contribution < 1.29 is 28.6 Å². The highest BCUT2D eigenvalue weighted by Gasteiger charge is 2.22. The first-order chi connectivity index (χ1) is 11.3. The smallest absolute Gasteiger partial charge is 0.339 e. The van der Waals surface area contributed by atoms with E-state index in [1.54, 1.807) is 0 Å². The van der Waals surface area contributed by atoms with Crippen molar-refractivity contribution in [2.24, 2.45) is 5.73 Å². The minimum Gasteiger partial charge on any atom is -0.493 e. The molecule has 8 nitrogen and oxygen atoms in total. The molecule has 0 aromatic heterocycles. The van der Waals surface area contributed by atoms with Gasteiger partial charge in [0.05, 0.1) is 23.8 Å². The average Bonchev–Trinajstić information content (AvgIpc) is 2.52. The van der Waals surface area contributed by atoms with E-state index in [1.165, 1.54) is 26.2 Å². The fourth-order valence-corrected chi connectivity index (χ4v) is 2.24. The Morgan fingerprint density at radius 1 is 1.33 bits per heavy atom. The molecule has 3 N–H and O–H groups in total. The fraction of sp³-hybridized carbons (Fsp3) is 0.400. The lowest BCUT2D eigenvalue weighted by atomic mass is 10.2. The van der Waals surface area contributed by atoms with Gasteiger partial charge in [0.25, 0.3) is 5.91 Å². The van der Waals surface area contributed by atoms with Crippen LogP contribution in [0.1, 0.15) is 30.6 Å². The van der Waals surface area contributed by atoms with Crippen molar-refractivity contribution in [3.63, 3.8) is 0 Å². The number of amides is 3. The van der Waals surface area contributed by atoms with Gasteiger partial charge < -0.3 is 19.9 Å². The van der Waals surface area contributed by atoms with Crippen molar-refractivity contribution in [1.82, 2.24) is 5.32 Å². The predicted octanol–water partition coefficient (Wildman–Crippen LogP) is 1.99. The van der Waals surface area contributed by atoms with Crippen LogP contribution in [0.25, 0.3) is 0 Å². The zero-order valence-corrected chi connectivity index (χ0v) is 15.1. The van der Waals surface area contributed by atoms with Crippen LogP contribution >= 0.6 is 15.9 Å². The molecular formula is C15H19BrN2O6. The predicted molar refractivity (Wildman–Crippen MR) is 89.1 cm³/mol. The topological polar surface area (TPSA) is 117 Å². The zero-order valence-electron chi connectivity index (χ0n) is 13.6. The standard InChI is InChI=1S/C15H19BrN2O6/c1-4-5-23-12-10(16)6-9(7-11(12)22-3)14(20)24-8(2)13(19)18-15(17)21/h6-8H,4-5H2,1-3H3,(H3,17,18,19,21). The number of halogens is 1. The van der Waals surface area contributed by atoms with Gasteiger partial charge >= 0.3 is 12.0 Å². The van der Waals surface area contributed by atoms with Crippen LogP contribution in [0.4, 0.5) is 4.79 Å². The van der Waals surface area contributed by atoms with Crippen molar-refractivity contribution in [1.29, 1.82) is 0 Å². The summed E-state index contributed by atoms with van der Waals surface area (Å²) in [5.74, 6) is -0.762. The Labute approximate surface area is 147 Å². The molecule has 1 rings (SSSR count). The molecule has 0 spiro atoms. The number of imide groups is 1. The van der Waals surface area contributed by atoms with Crippen molar-refractivity contribution in [3.8, 4) is 11.5 Å². The second-order valence-corrected chi connectivity index (χ2v) is 5.59. The third-order valence-electron chi connectivity index (χ3n) is 2.82. The highest BCUT2D eigenvalue weighted by molar-refractivity contribution is 9.10. The van der Waals surface area contributed by atoms with Crippen molar-refractivity contribution in [2.75, 3.05) is 13.7 Å². The summed E-state index contributed by atoms with van der Waals surface area (Å²) in [7, 11) is 1.44. The molecule has 0 saturated carbocycles. The molecule has 1 aromatic carbocycles. The molecular weight excluding hydrogens is 384 g/mol. The molecule has 132 valence electrons. The minimum absolute atomic E-state index is 0.154. The Kier molecular flexibility index (Phi) is 7.50. The summed E-state index contributed by atoms with van der Waals surface area (Å²) >= 11 is 3.31. The summed E-state index contributed by atoms with van der Waals surface area (Å²) < 4.78 is 16.3. The van der Waals surface area contributed by atoms with Gasteiger partial charge in [0.15, 0.2) is 17.6 Å². The largest absolute Gasteiger partial charge is 0.493 e. The summed E-state index contributed by atoms with van der Waals surface area (Å²) in [6.07, 6.45) is -0.378. The summed E-state index contributed by atoms with van der Waals surface area (Å²) in [5.41, 5.74) is 4.99. The van der Waals surface area contributed by atoms with Crippen LogP contribution in [0.15, 0.2) is 16.6 Å². The van der Waals surface area contributed by atoms with Crippen molar-refractivity contribution in [2.45, 2.75) is 26.4 Å². The summed E-state index contributed by atoms with van der Waals surface area (Å²) in [5, 5.41) is 1.83. The molecule has 1 unspecified atom stereocenters. The molecule has 0 bridgehead atoms. The number of hydrogen-bond acceptors (Lipinski definition) is 6. The van der Waals surface area contributed by atoms with Gasteiger partial charge in [-0.2, -0.15) is 0 Å². The van der Waals surface area contributed by atoms with Crippen LogP contribution in [0.5, 0.6) is 11.5 Å². The Morgan fingerprint density at radius 2 is 2.00 bits per heavy atom. The number of ether oxygens (including phenoxy) is 3. The van der Waals surface area contributed by atoms with E-state index in [1.807, 2.05) is 12.2 Å². The maximum atomic E-state index is 12.2. The second-order valence-electron chi connectivity index (χ2n) is 4.74. The highest BCUT2D eigenvalue weighted by Crippen LogP contribution is 2.37. The number of hydrogen-bond donors (Lipinski definition) is 2. The highest BCUT2D eigenvalue weighted by atomic mass is 79.9. The van der Waals surface area contributed by atoms with E-state index in [9.17, 15) is 14.4 Å². The van der Waals surface area contributed by atoms with Crippen molar-refractivity contribution >= 4 is 33.8 Å². The number of carbonyl (C=O) groups excluding carboxylic acids is 3. The monoisotopic (exact) mass is 402 g/mol. The molecule has 1 aromatic rings. The van der Waals surface area contributed by atoms with E-state index >= 15 is 0 Å². The molecule has 0 aliphatic heterocycles. The molecule has 0 heterocycles. The lowest BCUT2D eigenvalue weighted by Gasteiger charge is -2.15. The van der Waals surface area contributed by atoms with Crippen LogP contribution < -0.4 is 20.5 Å². The number of primary amides is 1. The number of esters is 1. The second kappa shape index (κ2) is 9.11. The molecule has 0 aliphatic carbocycles. The number of methoxy groups -OCH3 is 1. The van der Waals surface area contributed by atoms with Crippen molar-refractivity contribution in [3.05, 3.63) is 22.2 Å². The van der Waals surface area contributed by atoms with Crippen LogP contribution in [-0.2, 0) is 9.53 Å². The maximum Gasteiger partial charge on any atom is 0.339 e. The van der Waals surface area contributed by atoms with Crippen LogP contribution in [0.2, 0.25) is 0 Å². The SMILES string of the molecule is CCCOc1c(Br)cc(C(=O)OC(C)C(=O)NC(N)=O)cc1OC. The third kappa shape index (κ3) is 5.41. The number of nitrogens with two attached hydrogens (primary N) is 1. The lowest BCUT2D eigenvalue weighted by Crippen LogP contribution is -2.42. The first kappa shape index (κ1) is 19.8. The Balaban J connectivity index is 2.93. The first-order valence-electron chi connectivity index (χ1n) is 7.11. The molecule has 0 fully saturated rings. The fourth-order valence-electron chi connectivity index (χ4n) is 1.69. The van der Waals surface area contributed by atoms with Gasteiger partial charge in [0, 0.05) is 0 Å². The number of urea groups is 1. The number of nitrogens with one attached hydrogen (secondary N) is 1. The number of benzene rings is 1. The van der Waals surface area contributed by atoms with Crippen LogP contribution in [0.3, 0.4) is 0 Å². The lowest BCUT2D eigenvalue weighted by molar-refractivity contribution is -0.127. The van der Waals surface area contributed by atoms with Gasteiger partial charge in [-0.25, -0.2) is 9.59 Å².